The van der Waals surface area contributed by atoms with Gasteiger partial charge in [-0.1, -0.05) is 6.42 Å². The molecule has 0 atom stereocenters. The molecule has 1 saturated carbocycles. The third kappa shape index (κ3) is 1.70. The molecule has 0 radical (unpaired) electrons. The van der Waals surface area contributed by atoms with E-state index in [2.05, 4.69) is 10.3 Å². The molecule has 1 fully saturated rings. The second-order valence-electron chi connectivity index (χ2n) is 4.01. The quantitative estimate of drug-likeness (QED) is 0.657. The first-order valence-electron chi connectivity index (χ1n) is 4.91. The topological polar surface area (TPSA) is 53.8 Å². The smallest absolute Gasteiger partial charge is 0.0517 e. The Bertz CT molecular complexity index is 244. The summed E-state index contributed by atoms with van der Waals surface area (Å²) in [5, 5.41) is 3.41. The Balaban J connectivity index is 1.84. The summed E-state index contributed by atoms with van der Waals surface area (Å²) in [5.74, 6) is 0. The van der Waals surface area contributed by atoms with Gasteiger partial charge in [0.25, 0.3) is 0 Å². The molecular formula is C10H17N3. The van der Waals surface area contributed by atoms with Gasteiger partial charge >= 0.3 is 0 Å². The van der Waals surface area contributed by atoms with Crippen molar-refractivity contribution in [3.63, 3.8) is 0 Å². The lowest BCUT2D eigenvalue weighted by molar-refractivity contribution is 0.163. The van der Waals surface area contributed by atoms with E-state index in [9.17, 15) is 0 Å². The van der Waals surface area contributed by atoms with Gasteiger partial charge in [0, 0.05) is 18.9 Å². The highest BCUT2D eigenvalue weighted by molar-refractivity contribution is 5.40. The van der Waals surface area contributed by atoms with Crippen LogP contribution in [0.25, 0.3) is 0 Å². The van der Waals surface area contributed by atoms with E-state index in [0.717, 1.165) is 13.1 Å². The normalized spacial score (nSPS) is 19.5. The lowest BCUT2D eigenvalue weighted by Crippen LogP contribution is -2.42. The van der Waals surface area contributed by atoms with E-state index in [0.29, 0.717) is 5.41 Å². The zero-order valence-corrected chi connectivity index (χ0v) is 7.84. The minimum absolute atomic E-state index is 0.386. The fraction of sp³-hybridized carbons (Fsp3) is 0.600. The molecule has 0 spiro atoms. The van der Waals surface area contributed by atoms with Crippen molar-refractivity contribution in [1.82, 2.24) is 4.98 Å². The fourth-order valence-corrected chi connectivity index (χ4v) is 1.85. The summed E-state index contributed by atoms with van der Waals surface area (Å²) >= 11 is 0. The van der Waals surface area contributed by atoms with Crippen LogP contribution in [0.15, 0.2) is 18.5 Å². The van der Waals surface area contributed by atoms with Gasteiger partial charge in [0.15, 0.2) is 0 Å². The van der Waals surface area contributed by atoms with Crippen LogP contribution in [0.5, 0.6) is 0 Å². The average Bonchev–Trinajstić information content (AvgIpc) is 2.56. The van der Waals surface area contributed by atoms with Crippen molar-refractivity contribution < 1.29 is 0 Å². The Morgan fingerprint density at radius 1 is 1.54 bits per heavy atom. The van der Waals surface area contributed by atoms with Gasteiger partial charge in [-0.2, -0.15) is 0 Å². The number of anilines is 1. The molecule has 1 aliphatic rings. The van der Waals surface area contributed by atoms with Crippen LogP contribution in [0, 0.1) is 5.41 Å². The molecular weight excluding hydrogens is 162 g/mol. The minimum Gasteiger partial charge on any atom is -0.383 e. The molecule has 0 bridgehead atoms. The van der Waals surface area contributed by atoms with Crippen molar-refractivity contribution in [2.75, 3.05) is 18.4 Å². The van der Waals surface area contributed by atoms with Gasteiger partial charge in [-0.25, -0.2) is 0 Å². The van der Waals surface area contributed by atoms with Crippen LogP contribution in [0.1, 0.15) is 19.3 Å². The third-order valence-corrected chi connectivity index (χ3v) is 3.11. The summed E-state index contributed by atoms with van der Waals surface area (Å²) < 4.78 is 0. The first kappa shape index (κ1) is 8.63. The van der Waals surface area contributed by atoms with Crippen molar-refractivity contribution in [1.29, 1.82) is 0 Å². The van der Waals surface area contributed by atoms with Crippen LogP contribution >= 0.6 is 0 Å². The number of nitrogens with two attached hydrogens (primary N) is 1. The predicted molar refractivity (Wildman–Crippen MR) is 54.6 cm³/mol. The average molecular weight is 179 g/mol. The highest BCUT2D eigenvalue weighted by atomic mass is 14.9. The first-order chi connectivity index (χ1) is 6.35. The molecule has 3 nitrogen and oxygen atoms in total. The molecule has 0 aliphatic heterocycles. The van der Waals surface area contributed by atoms with Gasteiger partial charge in [0.05, 0.1) is 5.69 Å². The molecule has 2 rings (SSSR count). The molecule has 0 amide bonds. The Kier molecular flexibility index (Phi) is 2.27. The van der Waals surface area contributed by atoms with Gasteiger partial charge in [0.1, 0.15) is 0 Å². The summed E-state index contributed by atoms with van der Waals surface area (Å²) in [4.78, 5) is 3.03. The number of rotatable bonds is 4. The minimum atomic E-state index is 0.386. The summed E-state index contributed by atoms with van der Waals surface area (Å²) in [5.41, 5.74) is 7.31. The van der Waals surface area contributed by atoms with Crippen LogP contribution in [-0.4, -0.2) is 18.1 Å². The lowest BCUT2D eigenvalue weighted by Gasteiger charge is -2.41. The summed E-state index contributed by atoms with van der Waals surface area (Å²) in [7, 11) is 0. The second-order valence-corrected chi connectivity index (χ2v) is 4.01. The molecule has 3 heteroatoms. The maximum atomic E-state index is 5.76. The van der Waals surface area contributed by atoms with E-state index in [-0.39, 0.29) is 0 Å². The largest absolute Gasteiger partial charge is 0.383 e. The summed E-state index contributed by atoms with van der Waals surface area (Å²) in [6.45, 7) is 1.83. The van der Waals surface area contributed by atoms with E-state index in [1.807, 2.05) is 18.5 Å². The second kappa shape index (κ2) is 3.42. The maximum Gasteiger partial charge on any atom is 0.0517 e. The molecule has 0 aromatic carbocycles. The van der Waals surface area contributed by atoms with Crippen molar-refractivity contribution in [2.24, 2.45) is 11.1 Å². The van der Waals surface area contributed by atoms with Crippen molar-refractivity contribution >= 4 is 5.69 Å². The van der Waals surface area contributed by atoms with E-state index < -0.39 is 0 Å². The predicted octanol–water partition coefficient (Wildman–Crippen LogP) is 1.56. The van der Waals surface area contributed by atoms with Gasteiger partial charge < -0.3 is 16.0 Å². The molecule has 1 heterocycles. The fourth-order valence-electron chi connectivity index (χ4n) is 1.85. The summed E-state index contributed by atoms with van der Waals surface area (Å²) in [6, 6.07) is 2.04. The molecule has 1 aliphatic carbocycles. The zero-order valence-electron chi connectivity index (χ0n) is 7.84. The maximum absolute atomic E-state index is 5.76. The van der Waals surface area contributed by atoms with Crippen molar-refractivity contribution in [3.8, 4) is 0 Å². The molecule has 0 unspecified atom stereocenters. The Labute approximate surface area is 78.7 Å². The Morgan fingerprint density at radius 2 is 2.38 bits per heavy atom. The number of aromatic nitrogens is 1. The highest BCUT2D eigenvalue weighted by Crippen LogP contribution is 2.39. The first-order valence-corrected chi connectivity index (χ1v) is 4.91. The van der Waals surface area contributed by atoms with E-state index in [4.69, 9.17) is 5.73 Å². The van der Waals surface area contributed by atoms with Crippen molar-refractivity contribution in [3.05, 3.63) is 18.5 Å². The monoisotopic (exact) mass is 179 g/mol. The Hall–Kier alpha value is -0.960. The van der Waals surface area contributed by atoms with E-state index in [1.165, 1.54) is 24.9 Å². The number of H-pyrrole nitrogens is 1. The molecule has 72 valence electrons. The van der Waals surface area contributed by atoms with Crippen LogP contribution < -0.4 is 11.1 Å². The van der Waals surface area contributed by atoms with Crippen LogP contribution in [0.4, 0.5) is 5.69 Å². The molecule has 1 aromatic rings. The molecule has 13 heavy (non-hydrogen) atoms. The third-order valence-electron chi connectivity index (χ3n) is 3.11. The van der Waals surface area contributed by atoms with Gasteiger partial charge in [-0.05, 0) is 30.9 Å². The van der Waals surface area contributed by atoms with Gasteiger partial charge in [0.2, 0.25) is 0 Å². The number of hydrogen-bond acceptors (Lipinski definition) is 2. The van der Waals surface area contributed by atoms with Crippen LogP contribution in [-0.2, 0) is 0 Å². The van der Waals surface area contributed by atoms with Crippen LogP contribution in [0.3, 0.4) is 0 Å². The highest BCUT2D eigenvalue weighted by Gasteiger charge is 2.35. The lowest BCUT2D eigenvalue weighted by atomic mass is 9.69. The van der Waals surface area contributed by atoms with Gasteiger partial charge in [-0.3, -0.25) is 0 Å². The van der Waals surface area contributed by atoms with Gasteiger partial charge in [-0.15, -0.1) is 0 Å². The Morgan fingerprint density at radius 3 is 2.85 bits per heavy atom. The molecule has 1 aromatic heterocycles. The van der Waals surface area contributed by atoms with Crippen LogP contribution in [0.2, 0.25) is 0 Å². The number of aromatic amines is 1. The number of hydrogen-bond donors (Lipinski definition) is 3. The molecule has 0 saturated heterocycles. The standard InChI is InChI=1S/C10H17N3/c11-7-10(3-1-4-10)8-13-9-2-5-12-6-9/h2,5-6,12-13H,1,3-4,7-8,11H2. The number of nitrogens with one attached hydrogen (secondary N) is 2. The summed E-state index contributed by atoms with van der Waals surface area (Å²) in [6.07, 6.45) is 7.80. The zero-order chi connectivity index (χ0) is 9.15. The SMILES string of the molecule is NCC1(CNc2cc[nH]c2)CCC1. The van der Waals surface area contributed by atoms with E-state index in [1.54, 1.807) is 0 Å². The van der Waals surface area contributed by atoms with E-state index >= 15 is 0 Å². The molecule has 4 N–H and O–H groups in total. The van der Waals surface area contributed by atoms with Crippen molar-refractivity contribution in [2.45, 2.75) is 19.3 Å².